The molecule has 1 heterocycles. The molecule has 0 aliphatic carbocycles. The number of hydrogen-bond acceptors (Lipinski definition) is 5. The van der Waals surface area contributed by atoms with Gasteiger partial charge in [-0.05, 0) is 54.1 Å². The minimum atomic E-state index is -0.277. The number of carbonyl (C=O) groups is 1. The lowest BCUT2D eigenvalue weighted by atomic mass is 10.2. The monoisotopic (exact) mass is 398 g/mol. The Morgan fingerprint density at radius 3 is 2.50 bits per heavy atom. The van der Waals surface area contributed by atoms with Crippen LogP contribution in [0.5, 0.6) is 5.75 Å². The third kappa shape index (κ3) is 4.44. The Balaban J connectivity index is 1.35. The van der Waals surface area contributed by atoms with Gasteiger partial charge in [0.2, 0.25) is 0 Å². The molecule has 3 aromatic carbocycles. The summed E-state index contributed by atoms with van der Waals surface area (Å²) in [4.78, 5) is 24.4. The van der Waals surface area contributed by atoms with Crippen LogP contribution >= 0.6 is 0 Å². The minimum Gasteiger partial charge on any atom is -0.489 e. The summed E-state index contributed by atoms with van der Waals surface area (Å²) in [6.45, 7) is 0.105. The smallest absolute Gasteiger partial charge is 0.271 e. The third-order valence-corrected chi connectivity index (χ3v) is 4.44. The van der Waals surface area contributed by atoms with E-state index in [0.717, 1.165) is 5.56 Å². The van der Waals surface area contributed by atoms with Gasteiger partial charge in [-0.15, -0.1) is 0 Å². The maximum Gasteiger partial charge on any atom is 0.271 e. The van der Waals surface area contributed by atoms with Gasteiger partial charge in [-0.3, -0.25) is 9.59 Å². The Kier molecular flexibility index (Phi) is 5.66. The Bertz CT molecular complexity index is 1250. The van der Waals surface area contributed by atoms with Gasteiger partial charge in [0.15, 0.2) is 5.43 Å². The molecule has 6 heteroatoms. The second-order valence-corrected chi connectivity index (χ2v) is 6.51. The van der Waals surface area contributed by atoms with Crippen molar-refractivity contribution in [2.75, 3.05) is 0 Å². The molecule has 30 heavy (non-hydrogen) atoms. The summed E-state index contributed by atoms with van der Waals surface area (Å²) in [5, 5.41) is 4.49. The molecule has 0 saturated heterocycles. The number of rotatable bonds is 6. The maximum atomic E-state index is 12.5. The molecule has 4 rings (SSSR count). The second-order valence-electron chi connectivity index (χ2n) is 6.51. The predicted octanol–water partition coefficient (Wildman–Crippen LogP) is 4.14. The molecule has 0 aliphatic heterocycles. The van der Waals surface area contributed by atoms with Crippen molar-refractivity contribution in [2.45, 2.75) is 6.61 Å². The number of hydrogen-bond donors (Lipinski definition) is 1. The van der Waals surface area contributed by atoms with E-state index in [2.05, 4.69) is 10.5 Å². The van der Waals surface area contributed by atoms with Gasteiger partial charge < -0.3 is 9.15 Å². The molecule has 6 nitrogen and oxygen atoms in total. The Labute approximate surface area is 172 Å². The standard InChI is InChI=1S/C24H18N2O4/c27-23-19(16-30-22-9-5-4-8-21(22)23)15-29-20-12-10-17(11-13-20)14-25-26-24(28)18-6-2-1-3-7-18/h1-14,16H,15H2,(H,26,28)/b25-14+. The van der Waals surface area contributed by atoms with Crippen LogP contribution in [0.1, 0.15) is 21.5 Å². The maximum absolute atomic E-state index is 12.5. The third-order valence-electron chi connectivity index (χ3n) is 4.44. The highest BCUT2D eigenvalue weighted by atomic mass is 16.5. The van der Waals surface area contributed by atoms with E-state index in [1.54, 1.807) is 72.9 Å². The number of nitrogens with one attached hydrogen (secondary N) is 1. The zero-order valence-electron chi connectivity index (χ0n) is 15.9. The highest BCUT2D eigenvalue weighted by Crippen LogP contribution is 2.15. The first-order chi connectivity index (χ1) is 14.7. The summed E-state index contributed by atoms with van der Waals surface area (Å²) in [6.07, 6.45) is 2.98. The zero-order valence-corrected chi connectivity index (χ0v) is 15.9. The van der Waals surface area contributed by atoms with Gasteiger partial charge in [0, 0.05) is 5.56 Å². The molecule has 4 aromatic rings. The number of carbonyl (C=O) groups excluding carboxylic acids is 1. The van der Waals surface area contributed by atoms with Crippen LogP contribution in [0.3, 0.4) is 0 Å². The van der Waals surface area contributed by atoms with Gasteiger partial charge >= 0.3 is 0 Å². The molecular weight excluding hydrogens is 380 g/mol. The number of hydrazone groups is 1. The van der Waals surface area contributed by atoms with Gasteiger partial charge in [-0.1, -0.05) is 30.3 Å². The normalized spacial score (nSPS) is 10.9. The van der Waals surface area contributed by atoms with E-state index < -0.39 is 0 Å². The fourth-order valence-corrected chi connectivity index (χ4v) is 2.85. The summed E-state index contributed by atoms with van der Waals surface area (Å²) in [5.41, 5.74) is 4.71. The van der Waals surface area contributed by atoms with Crippen molar-refractivity contribution < 1.29 is 13.9 Å². The molecule has 0 radical (unpaired) electrons. The summed E-state index contributed by atoms with van der Waals surface area (Å²) in [7, 11) is 0. The molecule has 1 aromatic heterocycles. The van der Waals surface area contributed by atoms with Gasteiger partial charge in [0.1, 0.15) is 24.2 Å². The largest absolute Gasteiger partial charge is 0.489 e. The topological polar surface area (TPSA) is 80.9 Å². The van der Waals surface area contributed by atoms with Crippen LogP contribution in [0.2, 0.25) is 0 Å². The first-order valence-corrected chi connectivity index (χ1v) is 9.31. The van der Waals surface area contributed by atoms with Crippen molar-refractivity contribution in [3.05, 3.63) is 112 Å². The number of ether oxygens (including phenoxy) is 1. The van der Waals surface area contributed by atoms with E-state index in [9.17, 15) is 9.59 Å². The fraction of sp³-hybridized carbons (Fsp3) is 0.0417. The van der Waals surface area contributed by atoms with Gasteiger partial charge in [-0.25, -0.2) is 5.43 Å². The highest BCUT2D eigenvalue weighted by Gasteiger charge is 2.07. The van der Waals surface area contributed by atoms with Crippen LogP contribution < -0.4 is 15.6 Å². The molecular formula is C24H18N2O4. The first kappa shape index (κ1) is 19.1. The van der Waals surface area contributed by atoms with Crippen molar-refractivity contribution in [2.24, 2.45) is 5.10 Å². The van der Waals surface area contributed by atoms with E-state index in [1.807, 2.05) is 12.1 Å². The summed E-state index contributed by atoms with van der Waals surface area (Å²) in [6, 6.07) is 23.1. The summed E-state index contributed by atoms with van der Waals surface area (Å²) in [5.74, 6) is 0.328. The number of para-hydroxylation sites is 1. The van der Waals surface area contributed by atoms with Gasteiger partial charge in [0.25, 0.3) is 5.91 Å². The van der Waals surface area contributed by atoms with Crippen LogP contribution in [0, 0.1) is 0 Å². The average molecular weight is 398 g/mol. The lowest BCUT2D eigenvalue weighted by Gasteiger charge is -2.06. The Hall–Kier alpha value is -4.19. The number of nitrogens with zero attached hydrogens (tertiary/aromatic N) is 1. The molecule has 1 amide bonds. The Morgan fingerprint density at radius 1 is 0.967 bits per heavy atom. The van der Waals surface area contributed by atoms with Crippen LogP contribution in [0.15, 0.2) is 99.4 Å². The lowest BCUT2D eigenvalue weighted by molar-refractivity contribution is 0.0955. The van der Waals surface area contributed by atoms with Gasteiger partial charge in [-0.2, -0.15) is 5.10 Å². The highest BCUT2D eigenvalue weighted by molar-refractivity contribution is 5.94. The lowest BCUT2D eigenvalue weighted by Crippen LogP contribution is -2.17. The van der Waals surface area contributed by atoms with E-state index in [0.29, 0.717) is 27.8 Å². The fourth-order valence-electron chi connectivity index (χ4n) is 2.85. The molecule has 0 unspecified atom stereocenters. The van der Waals surface area contributed by atoms with E-state index in [1.165, 1.54) is 6.26 Å². The summed E-state index contributed by atoms with van der Waals surface area (Å²) < 4.78 is 11.2. The second kappa shape index (κ2) is 8.87. The first-order valence-electron chi connectivity index (χ1n) is 9.31. The molecule has 0 fully saturated rings. The Morgan fingerprint density at radius 2 is 1.70 bits per heavy atom. The van der Waals surface area contributed by atoms with Crippen LogP contribution in [-0.4, -0.2) is 12.1 Å². The average Bonchev–Trinajstić information content (AvgIpc) is 2.80. The molecule has 148 valence electrons. The summed E-state index contributed by atoms with van der Waals surface area (Å²) >= 11 is 0. The van der Waals surface area contributed by atoms with Gasteiger partial charge in [0.05, 0.1) is 17.2 Å². The van der Waals surface area contributed by atoms with Crippen molar-refractivity contribution in [1.82, 2.24) is 5.43 Å². The SMILES string of the molecule is O=C(N/N=C/c1ccc(OCc2coc3ccccc3c2=O)cc1)c1ccccc1. The predicted molar refractivity (Wildman–Crippen MR) is 115 cm³/mol. The molecule has 1 N–H and O–H groups in total. The molecule has 0 bridgehead atoms. The van der Waals surface area contributed by atoms with E-state index in [4.69, 9.17) is 9.15 Å². The van der Waals surface area contributed by atoms with Crippen molar-refractivity contribution in [3.8, 4) is 5.75 Å². The molecule has 0 aliphatic rings. The van der Waals surface area contributed by atoms with E-state index >= 15 is 0 Å². The number of amides is 1. The van der Waals surface area contributed by atoms with E-state index in [-0.39, 0.29) is 17.9 Å². The molecule has 0 atom stereocenters. The van der Waals surface area contributed by atoms with Crippen LogP contribution in [0.25, 0.3) is 11.0 Å². The quantitative estimate of drug-likeness (QED) is 0.391. The minimum absolute atomic E-state index is 0.102. The number of benzene rings is 3. The zero-order chi connectivity index (χ0) is 20.8. The molecule has 0 saturated carbocycles. The van der Waals surface area contributed by atoms with Crippen molar-refractivity contribution in [3.63, 3.8) is 0 Å². The molecule has 0 spiro atoms. The van der Waals surface area contributed by atoms with Crippen molar-refractivity contribution in [1.29, 1.82) is 0 Å². The van der Waals surface area contributed by atoms with Crippen LogP contribution in [0.4, 0.5) is 0 Å². The number of fused-ring (bicyclic) bond motifs is 1. The van der Waals surface area contributed by atoms with Crippen LogP contribution in [-0.2, 0) is 6.61 Å². The van der Waals surface area contributed by atoms with Crippen molar-refractivity contribution >= 4 is 23.1 Å².